The normalized spacial score (nSPS) is 10.5. The Morgan fingerprint density at radius 1 is 1.36 bits per heavy atom. The summed E-state index contributed by atoms with van der Waals surface area (Å²) < 4.78 is 0. The largest absolute Gasteiger partial charge is 0.481 e. The van der Waals surface area contributed by atoms with Crippen LogP contribution in [0.3, 0.4) is 0 Å². The van der Waals surface area contributed by atoms with Crippen LogP contribution in [0.25, 0.3) is 0 Å². The third-order valence-corrected chi connectivity index (χ3v) is 4.35. The molecule has 0 aliphatic heterocycles. The van der Waals surface area contributed by atoms with E-state index in [9.17, 15) is 24.5 Å². The Hall–Kier alpha value is -2.62. The molecule has 0 bridgehead atoms. The number of benzene rings is 1. The summed E-state index contributed by atoms with van der Waals surface area (Å²) in [6, 6.07) is 3.60. The molecule has 0 radical (unpaired) electrons. The third kappa shape index (κ3) is 6.07. The van der Waals surface area contributed by atoms with Gasteiger partial charge in [0.1, 0.15) is 0 Å². The number of thioether (sulfide) groups is 1. The summed E-state index contributed by atoms with van der Waals surface area (Å²) in [5.74, 6) is -2.21. The predicted octanol–water partition coefficient (Wildman–Crippen LogP) is 1.50. The van der Waals surface area contributed by atoms with Crippen LogP contribution in [0.2, 0.25) is 0 Å². The first-order valence-corrected chi connectivity index (χ1v) is 8.34. The summed E-state index contributed by atoms with van der Waals surface area (Å²) >= 11 is 0.951. The summed E-state index contributed by atoms with van der Waals surface area (Å²) in [5.41, 5.74) is 4.81. The van der Waals surface area contributed by atoms with Gasteiger partial charge >= 0.3 is 5.97 Å². The molecule has 0 saturated heterocycles. The molecule has 0 unspecified atom stereocenters. The number of nitrogens with zero attached hydrogens (tertiary/aromatic N) is 2. The molecule has 0 aromatic heterocycles. The van der Waals surface area contributed by atoms with Crippen LogP contribution in [0.4, 0.5) is 5.69 Å². The van der Waals surface area contributed by atoms with Crippen molar-refractivity contribution in [3.63, 3.8) is 0 Å². The molecule has 2 amide bonds. The molecule has 25 heavy (non-hydrogen) atoms. The van der Waals surface area contributed by atoms with Crippen LogP contribution in [0, 0.1) is 10.1 Å². The van der Waals surface area contributed by atoms with Crippen molar-refractivity contribution in [2.75, 3.05) is 12.3 Å². The van der Waals surface area contributed by atoms with Crippen LogP contribution in [0.15, 0.2) is 23.1 Å². The lowest BCUT2D eigenvalue weighted by Gasteiger charge is -2.26. The lowest BCUT2D eigenvalue weighted by molar-refractivity contribution is -0.387. The third-order valence-electron chi connectivity index (χ3n) is 3.30. The van der Waals surface area contributed by atoms with Crippen LogP contribution in [-0.2, 0) is 9.59 Å². The number of nitro groups is 1. The number of carbonyl (C=O) groups excluding carboxylic acids is 2. The van der Waals surface area contributed by atoms with Gasteiger partial charge in [0.15, 0.2) is 0 Å². The van der Waals surface area contributed by atoms with Gasteiger partial charge in [-0.25, -0.2) is 0 Å². The molecule has 0 aliphatic carbocycles. The Labute approximate surface area is 148 Å². The van der Waals surface area contributed by atoms with E-state index in [2.05, 4.69) is 0 Å². The van der Waals surface area contributed by atoms with Crippen molar-refractivity contribution >= 4 is 35.2 Å². The SMILES string of the molecule is CC(C)N(CCC(=O)O)C(=O)CSc1ccc(C(N)=O)cc1[N+](=O)[O-]. The van der Waals surface area contributed by atoms with Gasteiger partial charge in [-0.05, 0) is 26.0 Å². The molecule has 0 fully saturated rings. The Kier molecular flexibility index (Phi) is 7.37. The van der Waals surface area contributed by atoms with Gasteiger partial charge in [0, 0.05) is 24.2 Å². The number of hydrogen-bond donors (Lipinski definition) is 2. The van der Waals surface area contributed by atoms with Crippen LogP contribution in [0.1, 0.15) is 30.6 Å². The molecule has 1 aromatic rings. The maximum absolute atomic E-state index is 12.3. The number of amides is 2. The molecule has 1 rings (SSSR count). The van der Waals surface area contributed by atoms with E-state index >= 15 is 0 Å². The van der Waals surface area contributed by atoms with E-state index in [0.29, 0.717) is 0 Å². The summed E-state index contributed by atoms with van der Waals surface area (Å²) in [7, 11) is 0. The molecule has 1 aromatic carbocycles. The van der Waals surface area contributed by atoms with E-state index in [1.165, 1.54) is 17.0 Å². The maximum Gasteiger partial charge on any atom is 0.305 e. The fourth-order valence-corrected chi connectivity index (χ4v) is 2.94. The maximum atomic E-state index is 12.3. The van der Waals surface area contributed by atoms with E-state index in [1.807, 2.05) is 0 Å². The van der Waals surface area contributed by atoms with Crippen LogP contribution >= 0.6 is 11.8 Å². The summed E-state index contributed by atoms with van der Waals surface area (Å²) in [6.45, 7) is 3.58. The van der Waals surface area contributed by atoms with Crippen LogP contribution < -0.4 is 5.73 Å². The molecular formula is C15H19N3O6S. The number of carboxylic acids is 1. The van der Waals surface area contributed by atoms with Gasteiger partial charge in [-0.3, -0.25) is 24.5 Å². The van der Waals surface area contributed by atoms with Crippen molar-refractivity contribution in [1.29, 1.82) is 0 Å². The van der Waals surface area contributed by atoms with Crippen LogP contribution in [-0.4, -0.2) is 51.1 Å². The molecule has 136 valence electrons. The van der Waals surface area contributed by atoms with Gasteiger partial charge in [0.05, 0.1) is 22.0 Å². The average molecular weight is 369 g/mol. The summed E-state index contributed by atoms with van der Waals surface area (Å²) in [5, 5.41) is 19.9. The lowest BCUT2D eigenvalue weighted by atomic mass is 10.2. The number of nitro benzene ring substituents is 1. The smallest absolute Gasteiger partial charge is 0.305 e. The summed E-state index contributed by atoms with van der Waals surface area (Å²) in [6.07, 6.45) is -0.179. The zero-order valence-corrected chi connectivity index (χ0v) is 14.6. The average Bonchev–Trinajstić information content (AvgIpc) is 2.51. The van der Waals surface area contributed by atoms with Gasteiger partial charge in [-0.1, -0.05) is 0 Å². The summed E-state index contributed by atoms with van der Waals surface area (Å²) in [4.78, 5) is 46.2. The fourth-order valence-electron chi connectivity index (χ4n) is 2.04. The minimum absolute atomic E-state index is 0.00708. The van der Waals surface area contributed by atoms with Crippen molar-refractivity contribution in [2.24, 2.45) is 5.73 Å². The number of carboxylic acid groups (broad SMARTS) is 1. The molecule has 9 nitrogen and oxygen atoms in total. The Morgan fingerprint density at radius 3 is 2.48 bits per heavy atom. The molecule has 0 saturated carbocycles. The molecular weight excluding hydrogens is 350 g/mol. The number of aliphatic carboxylic acids is 1. The second-order valence-electron chi connectivity index (χ2n) is 5.42. The van der Waals surface area contributed by atoms with Crippen molar-refractivity contribution in [2.45, 2.75) is 31.2 Å². The van der Waals surface area contributed by atoms with Gasteiger partial charge in [0.2, 0.25) is 11.8 Å². The highest BCUT2D eigenvalue weighted by molar-refractivity contribution is 8.00. The zero-order valence-electron chi connectivity index (χ0n) is 13.8. The first-order chi connectivity index (χ1) is 11.6. The lowest BCUT2D eigenvalue weighted by Crippen LogP contribution is -2.39. The van der Waals surface area contributed by atoms with Crippen molar-refractivity contribution in [3.05, 3.63) is 33.9 Å². The zero-order chi connectivity index (χ0) is 19.1. The Balaban J connectivity index is 2.88. The topological polar surface area (TPSA) is 144 Å². The minimum Gasteiger partial charge on any atom is -0.481 e. The molecule has 0 spiro atoms. The molecule has 0 aliphatic rings. The monoisotopic (exact) mass is 369 g/mol. The molecule has 0 atom stereocenters. The highest BCUT2D eigenvalue weighted by Crippen LogP contribution is 2.30. The second kappa shape index (κ2) is 9.02. The highest BCUT2D eigenvalue weighted by atomic mass is 32.2. The van der Waals surface area contributed by atoms with Crippen molar-refractivity contribution in [1.82, 2.24) is 4.90 Å². The van der Waals surface area contributed by atoms with Gasteiger partial charge < -0.3 is 15.7 Å². The number of hydrogen-bond acceptors (Lipinski definition) is 6. The highest BCUT2D eigenvalue weighted by Gasteiger charge is 2.21. The predicted molar refractivity (Wildman–Crippen MR) is 91.4 cm³/mol. The van der Waals surface area contributed by atoms with E-state index in [0.717, 1.165) is 17.8 Å². The number of rotatable bonds is 9. The minimum atomic E-state index is -1.01. The first kappa shape index (κ1) is 20.4. The number of primary amides is 1. The van der Waals surface area contributed by atoms with Gasteiger partial charge in [-0.2, -0.15) is 0 Å². The van der Waals surface area contributed by atoms with Gasteiger partial charge in [-0.15, -0.1) is 11.8 Å². The van der Waals surface area contributed by atoms with Gasteiger partial charge in [0.25, 0.3) is 5.69 Å². The van der Waals surface area contributed by atoms with E-state index < -0.39 is 16.8 Å². The van der Waals surface area contributed by atoms with E-state index in [4.69, 9.17) is 10.8 Å². The number of carbonyl (C=O) groups is 3. The molecule has 3 N–H and O–H groups in total. The van der Waals surface area contributed by atoms with Crippen molar-refractivity contribution in [3.8, 4) is 0 Å². The quantitative estimate of drug-likeness (QED) is 0.381. The second-order valence-corrected chi connectivity index (χ2v) is 6.43. The standard InChI is InChI=1S/C15H19N3O6S/c1-9(2)17(6-5-14(20)21)13(19)8-25-12-4-3-10(15(16)22)7-11(12)18(23)24/h3-4,7,9H,5-6,8H2,1-2H3,(H2,16,22)(H,20,21). The molecule has 0 heterocycles. The van der Waals surface area contributed by atoms with E-state index in [1.54, 1.807) is 13.8 Å². The number of nitrogens with two attached hydrogens (primary N) is 1. The first-order valence-electron chi connectivity index (χ1n) is 7.35. The van der Waals surface area contributed by atoms with Crippen LogP contribution in [0.5, 0.6) is 0 Å². The Bertz CT molecular complexity index is 692. The molecule has 10 heteroatoms. The van der Waals surface area contributed by atoms with E-state index in [-0.39, 0.29) is 46.8 Å². The van der Waals surface area contributed by atoms with Crippen molar-refractivity contribution < 1.29 is 24.4 Å². The Morgan fingerprint density at radius 2 is 2.00 bits per heavy atom. The fraction of sp³-hybridized carbons (Fsp3) is 0.400.